The predicted molar refractivity (Wildman–Crippen MR) is 110 cm³/mol. The molecular formula is C20H17Cl3OSi. The van der Waals surface area contributed by atoms with E-state index < -0.39 is 5.60 Å². The molecule has 0 aliphatic heterocycles. The lowest BCUT2D eigenvalue weighted by molar-refractivity contribution is 0.125. The van der Waals surface area contributed by atoms with Gasteiger partial charge in [0.1, 0.15) is 16.1 Å². The van der Waals surface area contributed by atoms with Crippen LogP contribution in [0.2, 0.25) is 15.1 Å². The summed E-state index contributed by atoms with van der Waals surface area (Å²) < 4.78 is 6.24. The van der Waals surface area contributed by atoms with Gasteiger partial charge in [0.2, 0.25) is 0 Å². The van der Waals surface area contributed by atoms with Gasteiger partial charge in [0, 0.05) is 21.5 Å². The molecule has 0 fully saturated rings. The molecule has 0 aromatic heterocycles. The third kappa shape index (κ3) is 4.10. The van der Waals surface area contributed by atoms with Crippen molar-refractivity contribution >= 4 is 45.3 Å². The van der Waals surface area contributed by atoms with Crippen LogP contribution in [0.25, 0.3) is 0 Å². The number of halogens is 3. The maximum Gasteiger partial charge on any atom is 0.147 e. The van der Waals surface area contributed by atoms with Gasteiger partial charge in [-0.05, 0) is 53.1 Å². The molecule has 3 aromatic rings. The highest BCUT2D eigenvalue weighted by atomic mass is 35.5. The molecule has 0 spiro atoms. The third-order valence-corrected chi connectivity index (χ3v) is 5.79. The first-order valence-corrected chi connectivity index (χ1v) is 9.80. The summed E-state index contributed by atoms with van der Waals surface area (Å²) >= 11 is 18.2. The third-order valence-electron chi connectivity index (χ3n) is 4.34. The molecule has 0 radical (unpaired) electrons. The number of hydrogen-bond acceptors (Lipinski definition) is 1. The Morgan fingerprint density at radius 3 is 1.36 bits per heavy atom. The Morgan fingerprint density at radius 2 is 1.00 bits per heavy atom. The van der Waals surface area contributed by atoms with Crippen LogP contribution >= 0.6 is 34.8 Å². The minimum absolute atomic E-state index is 0.579. The van der Waals surface area contributed by atoms with E-state index in [9.17, 15) is 0 Å². The van der Waals surface area contributed by atoms with Crippen molar-refractivity contribution in [2.24, 2.45) is 0 Å². The highest BCUT2D eigenvalue weighted by Gasteiger charge is 2.34. The highest BCUT2D eigenvalue weighted by Crippen LogP contribution is 2.37. The largest absolute Gasteiger partial charge is 0.414 e. The van der Waals surface area contributed by atoms with Crippen LogP contribution in [0.5, 0.6) is 0 Å². The van der Waals surface area contributed by atoms with Crippen LogP contribution in [0.1, 0.15) is 16.7 Å². The van der Waals surface area contributed by atoms with E-state index >= 15 is 0 Å². The Kier molecular flexibility index (Phi) is 5.88. The Hall–Kier alpha value is -1.29. The van der Waals surface area contributed by atoms with E-state index in [0.29, 0.717) is 27.0 Å². The fourth-order valence-corrected chi connectivity index (χ4v) is 4.00. The summed E-state index contributed by atoms with van der Waals surface area (Å²) in [5, 5.41) is 2.13. The van der Waals surface area contributed by atoms with E-state index in [-0.39, 0.29) is 0 Å². The molecule has 0 atom stereocenters. The first-order valence-electron chi connectivity index (χ1n) is 7.85. The summed E-state index contributed by atoms with van der Waals surface area (Å²) in [4.78, 5) is 0. The van der Waals surface area contributed by atoms with E-state index in [0.717, 1.165) is 21.7 Å². The van der Waals surface area contributed by atoms with Crippen molar-refractivity contribution in [2.45, 2.75) is 12.0 Å². The van der Waals surface area contributed by atoms with E-state index in [1.807, 2.05) is 72.8 Å². The summed E-state index contributed by atoms with van der Waals surface area (Å²) in [5.41, 5.74) is 2.67. The van der Waals surface area contributed by atoms with Gasteiger partial charge in [-0.25, -0.2) is 0 Å². The van der Waals surface area contributed by atoms with Crippen LogP contribution in [0, 0.1) is 0 Å². The fraction of sp³-hybridized carbons (Fsp3) is 0.100. The van der Waals surface area contributed by atoms with Gasteiger partial charge in [0.25, 0.3) is 0 Å². The Balaban J connectivity index is 2.12. The molecule has 0 unspecified atom stereocenters. The zero-order valence-electron chi connectivity index (χ0n) is 13.7. The smallest absolute Gasteiger partial charge is 0.147 e. The standard InChI is InChI=1S/C20H17Cl3OSi/c21-17-7-1-14(2-8-17)13-20(24-25,15-3-9-18(22)10-4-15)16-5-11-19(23)12-6-16/h1-12H,13H2,25H3. The van der Waals surface area contributed by atoms with Gasteiger partial charge >= 0.3 is 0 Å². The molecule has 25 heavy (non-hydrogen) atoms. The second kappa shape index (κ2) is 7.94. The van der Waals surface area contributed by atoms with E-state index in [1.54, 1.807) is 0 Å². The molecule has 128 valence electrons. The maximum absolute atomic E-state index is 6.24. The van der Waals surface area contributed by atoms with E-state index in [2.05, 4.69) is 0 Å². The normalized spacial score (nSPS) is 11.6. The quantitative estimate of drug-likeness (QED) is 0.512. The predicted octanol–water partition coefficient (Wildman–Crippen LogP) is 5.43. The van der Waals surface area contributed by atoms with Crippen molar-refractivity contribution in [2.75, 3.05) is 0 Å². The van der Waals surface area contributed by atoms with Crippen LogP contribution in [-0.2, 0) is 16.4 Å². The first kappa shape index (κ1) is 18.5. The van der Waals surface area contributed by atoms with Crippen LogP contribution in [0.15, 0.2) is 72.8 Å². The lowest BCUT2D eigenvalue weighted by Crippen LogP contribution is -2.33. The Labute approximate surface area is 166 Å². The minimum Gasteiger partial charge on any atom is -0.414 e. The Bertz CT molecular complexity index is 785. The topological polar surface area (TPSA) is 9.23 Å². The molecular weight excluding hydrogens is 391 g/mol. The van der Waals surface area contributed by atoms with Gasteiger partial charge in [-0.15, -0.1) is 0 Å². The molecule has 0 heterocycles. The van der Waals surface area contributed by atoms with Crippen LogP contribution in [-0.4, -0.2) is 10.5 Å². The van der Waals surface area contributed by atoms with Crippen molar-refractivity contribution in [3.05, 3.63) is 105 Å². The number of rotatable bonds is 5. The number of benzene rings is 3. The molecule has 0 aliphatic rings. The average Bonchev–Trinajstić information content (AvgIpc) is 2.63. The van der Waals surface area contributed by atoms with Gasteiger partial charge in [0.05, 0.1) is 0 Å². The fourth-order valence-electron chi connectivity index (χ4n) is 3.01. The molecule has 1 nitrogen and oxygen atoms in total. The van der Waals surface area contributed by atoms with Crippen molar-refractivity contribution in [3.63, 3.8) is 0 Å². The van der Waals surface area contributed by atoms with Crippen molar-refractivity contribution in [3.8, 4) is 0 Å². The van der Waals surface area contributed by atoms with Crippen molar-refractivity contribution in [1.29, 1.82) is 0 Å². The van der Waals surface area contributed by atoms with Crippen molar-refractivity contribution < 1.29 is 4.43 Å². The molecule has 0 saturated carbocycles. The molecule has 0 saturated heterocycles. The van der Waals surface area contributed by atoms with Crippen molar-refractivity contribution in [1.82, 2.24) is 0 Å². The zero-order chi connectivity index (χ0) is 17.9. The second-order valence-corrected chi connectivity index (χ2v) is 7.57. The molecule has 3 rings (SSSR count). The highest BCUT2D eigenvalue weighted by molar-refractivity contribution is 6.31. The minimum atomic E-state index is -0.588. The monoisotopic (exact) mass is 406 g/mol. The molecule has 0 amide bonds. The SMILES string of the molecule is [SiH3]OC(Cc1ccc(Cl)cc1)(c1ccc(Cl)cc1)c1ccc(Cl)cc1. The summed E-state index contributed by atoms with van der Waals surface area (Å²) in [5.74, 6) is 0. The lowest BCUT2D eigenvalue weighted by Gasteiger charge is -2.35. The van der Waals surface area contributed by atoms with Gasteiger partial charge in [-0.1, -0.05) is 71.2 Å². The maximum atomic E-state index is 6.24. The second-order valence-electron chi connectivity index (χ2n) is 5.85. The van der Waals surface area contributed by atoms with Crippen LogP contribution < -0.4 is 0 Å². The molecule has 5 heteroatoms. The molecule has 3 aromatic carbocycles. The van der Waals surface area contributed by atoms with Gasteiger partial charge in [0.15, 0.2) is 0 Å². The summed E-state index contributed by atoms with van der Waals surface area (Å²) in [6.45, 7) is 0. The van der Waals surface area contributed by atoms with Crippen LogP contribution in [0.4, 0.5) is 0 Å². The summed E-state index contributed by atoms with van der Waals surface area (Å²) in [7, 11) is 0.579. The van der Waals surface area contributed by atoms with Gasteiger partial charge < -0.3 is 4.43 Å². The molecule has 0 aliphatic carbocycles. The number of hydrogen-bond donors (Lipinski definition) is 0. The zero-order valence-corrected chi connectivity index (χ0v) is 17.9. The van der Waals surface area contributed by atoms with Gasteiger partial charge in [-0.3, -0.25) is 0 Å². The lowest BCUT2D eigenvalue weighted by atomic mass is 9.81. The Morgan fingerprint density at radius 1 is 0.640 bits per heavy atom. The van der Waals surface area contributed by atoms with Crippen LogP contribution in [0.3, 0.4) is 0 Å². The van der Waals surface area contributed by atoms with E-state index in [4.69, 9.17) is 39.2 Å². The summed E-state index contributed by atoms with van der Waals surface area (Å²) in [6.07, 6.45) is 0.691. The average molecular weight is 408 g/mol. The summed E-state index contributed by atoms with van der Waals surface area (Å²) in [6, 6.07) is 23.5. The van der Waals surface area contributed by atoms with Gasteiger partial charge in [-0.2, -0.15) is 0 Å². The molecule has 0 bridgehead atoms. The van der Waals surface area contributed by atoms with E-state index in [1.165, 1.54) is 0 Å². The molecule has 0 N–H and O–H groups in total. The first-order chi connectivity index (χ1) is 12.0.